The molecule has 1 saturated heterocycles. The van der Waals surface area contributed by atoms with Crippen molar-refractivity contribution in [1.29, 1.82) is 0 Å². The van der Waals surface area contributed by atoms with Crippen LogP contribution in [0.5, 0.6) is 0 Å². The van der Waals surface area contributed by atoms with Crippen LogP contribution in [-0.4, -0.2) is 39.4 Å². The Balaban J connectivity index is 1.64. The smallest absolute Gasteiger partial charge is 0.329 e. The SMILES string of the molecule is CC(C)(C)OC(=O)[C@@H]1[C@H](C23CC(C2)C3)[C@H]([N+](=O)[O-])[C@H](c2ccccc2)N1C(=O)C1CCCCC1. The molecule has 2 bridgehead atoms. The molecule has 4 saturated carbocycles. The average molecular weight is 469 g/mol. The number of nitrogens with zero attached hydrogens (tertiary/aromatic N) is 2. The quantitative estimate of drug-likeness (QED) is 0.347. The van der Waals surface area contributed by atoms with Gasteiger partial charge >= 0.3 is 5.97 Å². The average Bonchev–Trinajstić information content (AvgIpc) is 3.07. The molecule has 6 rings (SSSR count). The van der Waals surface area contributed by atoms with Gasteiger partial charge in [-0.3, -0.25) is 14.9 Å². The lowest BCUT2D eigenvalue weighted by atomic mass is 9.39. The number of esters is 1. The van der Waals surface area contributed by atoms with Gasteiger partial charge in [0.15, 0.2) is 0 Å². The first-order chi connectivity index (χ1) is 16.1. The molecule has 0 spiro atoms. The molecule has 1 aliphatic heterocycles. The minimum Gasteiger partial charge on any atom is -0.458 e. The van der Waals surface area contributed by atoms with Crippen LogP contribution in [0.25, 0.3) is 0 Å². The Bertz CT molecular complexity index is 948. The summed E-state index contributed by atoms with van der Waals surface area (Å²) in [6.45, 7) is 5.43. The van der Waals surface area contributed by atoms with Gasteiger partial charge in [-0.25, -0.2) is 4.79 Å². The minimum absolute atomic E-state index is 0.106. The molecule has 1 aromatic carbocycles. The number of benzene rings is 1. The number of hydrogen-bond donors (Lipinski definition) is 0. The summed E-state index contributed by atoms with van der Waals surface area (Å²) in [7, 11) is 0. The molecule has 0 unspecified atom stereocenters. The molecular weight excluding hydrogens is 432 g/mol. The van der Waals surface area contributed by atoms with E-state index in [0.717, 1.165) is 56.9 Å². The highest BCUT2D eigenvalue weighted by Gasteiger charge is 2.73. The van der Waals surface area contributed by atoms with Gasteiger partial charge in [-0.15, -0.1) is 0 Å². The van der Waals surface area contributed by atoms with Crippen LogP contribution < -0.4 is 0 Å². The van der Waals surface area contributed by atoms with Gasteiger partial charge in [0.2, 0.25) is 11.9 Å². The van der Waals surface area contributed by atoms with E-state index in [2.05, 4.69) is 0 Å². The lowest BCUT2D eigenvalue weighted by Gasteiger charge is -2.65. The zero-order valence-corrected chi connectivity index (χ0v) is 20.4. The lowest BCUT2D eigenvalue weighted by Crippen LogP contribution is -2.63. The van der Waals surface area contributed by atoms with E-state index in [1.165, 1.54) is 0 Å². The van der Waals surface area contributed by atoms with Crippen molar-refractivity contribution in [3.63, 3.8) is 0 Å². The molecule has 5 aliphatic rings. The summed E-state index contributed by atoms with van der Waals surface area (Å²) < 4.78 is 5.86. The predicted molar refractivity (Wildman–Crippen MR) is 126 cm³/mol. The maximum atomic E-state index is 14.1. The third-order valence-corrected chi connectivity index (χ3v) is 8.67. The van der Waals surface area contributed by atoms with Gasteiger partial charge in [-0.1, -0.05) is 49.6 Å². The molecule has 34 heavy (non-hydrogen) atoms. The van der Waals surface area contributed by atoms with Crippen molar-refractivity contribution in [2.24, 2.45) is 23.2 Å². The predicted octanol–water partition coefficient (Wildman–Crippen LogP) is 4.92. The molecule has 7 nitrogen and oxygen atoms in total. The van der Waals surface area contributed by atoms with Crippen LogP contribution in [0.4, 0.5) is 0 Å². The number of nitro groups is 1. The highest BCUT2D eigenvalue weighted by atomic mass is 16.6. The molecule has 0 radical (unpaired) electrons. The Hall–Kier alpha value is -2.44. The third-order valence-electron chi connectivity index (χ3n) is 8.67. The van der Waals surface area contributed by atoms with Crippen molar-refractivity contribution in [2.45, 2.75) is 95.9 Å². The topological polar surface area (TPSA) is 89.8 Å². The number of ether oxygens (including phenoxy) is 1. The van der Waals surface area contributed by atoms with Gasteiger partial charge < -0.3 is 9.64 Å². The normalized spacial score (nSPS) is 35.3. The summed E-state index contributed by atoms with van der Waals surface area (Å²) in [5.74, 6) is -0.712. The van der Waals surface area contributed by atoms with Crippen molar-refractivity contribution in [3.05, 3.63) is 46.0 Å². The fourth-order valence-electron chi connectivity index (χ4n) is 7.26. The first-order valence-corrected chi connectivity index (χ1v) is 12.8. The second-order valence-electron chi connectivity index (χ2n) is 12.1. The zero-order valence-electron chi connectivity index (χ0n) is 20.4. The van der Waals surface area contributed by atoms with Crippen LogP contribution in [0, 0.1) is 33.3 Å². The maximum Gasteiger partial charge on any atom is 0.329 e. The van der Waals surface area contributed by atoms with E-state index in [-0.39, 0.29) is 22.2 Å². The summed E-state index contributed by atoms with van der Waals surface area (Å²) >= 11 is 0. The monoisotopic (exact) mass is 468 g/mol. The number of rotatable bonds is 5. The van der Waals surface area contributed by atoms with E-state index < -0.39 is 35.6 Å². The molecule has 184 valence electrons. The van der Waals surface area contributed by atoms with E-state index in [9.17, 15) is 19.7 Å². The highest BCUT2D eigenvalue weighted by Crippen LogP contribution is 2.72. The van der Waals surface area contributed by atoms with Crippen LogP contribution in [0.1, 0.15) is 83.7 Å². The number of carbonyl (C=O) groups is 2. The number of hydrogen-bond acceptors (Lipinski definition) is 5. The van der Waals surface area contributed by atoms with Crippen molar-refractivity contribution in [1.82, 2.24) is 4.90 Å². The fraction of sp³-hybridized carbons (Fsp3) is 0.704. The molecule has 0 N–H and O–H groups in total. The molecule has 7 heteroatoms. The van der Waals surface area contributed by atoms with E-state index in [4.69, 9.17) is 4.74 Å². The molecule has 4 aliphatic carbocycles. The molecule has 1 heterocycles. The Morgan fingerprint density at radius 2 is 1.68 bits per heavy atom. The standard InChI is InChI=1S/C27H36N2O5/c1-26(2,3)34-25(31)23-20(27-14-17(15-27)16-27)22(29(32)33)21(18-10-6-4-7-11-18)28(23)24(30)19-12-8-5-9-13-19/h4,6-7,10-11,17,19-23H,5,8-9,12-16H2,1-3H3/t17?,20-,21+,22+,23+,27?/m1/s1. The highest BCUT2D eigenvalue weighted by molar-refractivity contribution is 5.88. The van der Waals surface area contributed by atoms with E-state index in [1.807, 2.05) is 51.1 Å². The van der Waals surface area contributed by atoms with Gasteiger partial charge in [0.25, 0.3) is 0 Å². The Morgan fingerprint density at radius 3 is 2.18 bits per heavy atom. The van der Waals surface area contributed by atoms with Gasteiger partial charge in [-0.05, 0) is 69.8 Å². The summed E-state index contributed by atoms with van der Waals surface area (Å²) in [5.41, 5.74) is -0.246. The van der Waals surface area contributed by atoms with Crippen LogP contribution >= 0.6 is 0 Å². The summed E-state index contributed by atoms with van der Waals surface area (Å²) in [6, 6.07) is 6.60. The van der Waals surface area contributed by atoms with Gasteiger partial charge in [-0.2, -0.15) is 0 Å². The fourth-order valence-corrected chi connectivity index (χ4v) is 7.26. The van der Waals surface area contributed by atoms with Gasteiger partial charge in [0, 0.05) is 10.8 Å². The Labute approximate surface area is 201 Å². The summed E-state index contributed by atoms with van der Waals surface area (Å²) in [5, 5.41) is 12.7. The van der Waals surface area contributed by atoms with Gasteiger partial charge in [0.05, 0.1) is 5.92 Å². The molecule has 1 amide bonds. The Morgan fingerprint density at radius 1 is 1.06 bits per heavy atom. The number of likely N-dealkylation sites (tertiary alicyclic amines) is 1. The largest absolute Gasteiger partial charge is 0.458 e. The number of carbonyl (C=O) groups excluding carboxylic acids is 2. The van der Waals surface area contributed by atoms with Crippen molar-refractivity contribution >= 4 is 11.9 Å². The molecule has 1 aromatic rings. The van der Waals surface area contributed by atoms with Crippen LogP contribution in [0.15, 0.2) is 30.3 Å². The zero-order chi connectivity index (χ0) is 24.3. The molecule has 4 atom stereocenters. The van der Waals surface area contributed by atoms with E-state index in [1.54, 1.807) is 4.90 Å². The van der Waals surface area contributed by atoms with Crippen molar-refractivity contribution in [3.8, 4) is 0 Å². The van der Waals surface area contributed by atoms with Crippen molar-refractivity contribution in [2.75, 3.05) is 0 Å². The lowest BCUT2D eigenvalue weighted by molar-refractivity contribution is -0.541. The molecule has 0 aromatic heterocycles. The number of amides is 1. The summed E-state index contributed by atoms with van der Waals surface area (Å²) in [6.07, 6.45) is 7.34. The first kappa shape index (κ1) is 23.3. The summed E-state index contributed by atoms with van der Waals surface area (Å²) in [4.78, 5) is 42.0. The maximum absolute atomic E-state index is 14.1. The van der Waals surface area contributed by atoms with Crippen LogP contribution in [0.3, 0.4) is 0 Å². The van der Waals surface area contributed by atoms with Crippen LogP contribution in [-0.2, 0) is 14.3 Å². The second-order valence-corrected chi connectivity index (χ2v) is 12.1. The second kappa shape index (κ2) is 8.35. The molecular formula is C27H36N2O5. The first-order valence-electron chi connectivity index (χ1n) is 12.8. The van der Waals surface area contributed by atoms with Crippen molar-refractivity contribution < 1.29 is 19.2 Å². The molecule has 5 fully saturated rings. The third kappa shape index (κ3) is 3.81. The van der Waals surface area contributed by atoms with E-state index >= 15 is 0 Å². The Kier molecular flexibility index (Phi) is 5.72. The van der Waals surface area contributed by atoms with Gasteiger partial charge in [0.1, 0.15) is 17.7 Å². The minimum atomic E-state index is -1.02. The van der Waals surface area contributed by atoms with E-state index in [0.29, 0.717) is 5.92 Å². The van der Waals surface area contributed by atoms with Crippen LogP contribution in [0.2, 0.25) is 0 Å².